The summed E-state index contributed by atoms with van der Waals surface area (Å²) in [7, 11) is -10.7. The molecule has 0 heterocycles. The van der Waals surface area contributed by atoms with Gasteiger partial charge in [0.2, 0.25) is 0 Å². The average molecular weight is 1540 g/mol. The molecule has 9 aromatic rings. The molecular formula is C74H75N9O22S3. The number of carbonyl (C=O) groups excluding carboxylic acids is 5. The summed E-state index contributed by atoms with van der Waals surface area (Å²) in [5.41, 5.74) is 1.97. The zero-order valence-corrected chi connectivity index (χ0v) is 62.5. The van der Waals surface area contributed by atoms with E-state index in [0.717, 1.165) is 76.3 Å². The van der Waals surface area contributed by atoms with Gasteiger partial charge < -0.3 is 39.6 Å². The van der Waals surface area contributed by atoms with Crippen molar-refractivity contribution in [3.8, 4) is 73.6 Å². The molecule has 0 saturated carbocycles. The molecular weight excluding hydrogens is 1460 g/mol. The second kappa shape index (κ2) is 34.4. The van der Waals surface area contributed by atoms with Gasteiger partial charge in [0.15, 0.2) is 5.78 Å². The molecule has 6 N–H and O–H groups in total. The molecule has 31 nitrogen and oxygen atoms in total. The number of ether oxygens (including phenoxy) is 5. The van der Waals surface area contributed by atoms with E-state index in [9.17, 15) is 79.6 Å². The van der Waals surface area contributed by atoms with Crippen molar-refractivity contribution < 1.29 is 87.7 Å². The van der Waals surface area contributed by atoms with Crippen molar-refractivity contribution in [1.82, 2.24) is 30.1 Å². The molecule has 566 valence electrons. The Morgan fingerprint density at radius 1 is 0.352 bits per heavy atom. The normalized spacial score (nSPS) is 11.4. The lowest BCUT2D eigenvalue weighted by Crippen LogP contribution is -2.48. The molecule has 0 spiro atoms. The van der Waals surface area contributed by atoms with Crippen molar-refractivity contribution >= 4 is 77.0 Å². The number of rotatable bonds is 21. The number of amides is 6. The van der Waals surface area contributed by atoms with E-state index in [1.807, 2.05) is 38.4 Å². The Hall–Kier alpha value is -12.8. The van der Waals surface area contributed by atoms with Gasteiger partial charge in [-0.15, -0.1) is 0 Å². The fourth-order valence-electron chi connectivity index (χ4n) is 9.54. The molecule has 0 aliphatic heterocycles. The molecule has 108 heavy (non-hydrogen) atoms. The SMILES string of the molecule is CC(=O)c1ccc(-c2cccc(Oc3ccc([N+](=O)[O-])cc3S(=O)(=O)NC(=O)NC(C)(C)C)c2)cc1.COC(=O)c1ccc(-c2cccc(Oc3ccc([N+](=O)[O-])cc3S(=O)(=O)NC(=O)NC(C)(C)C)c2)cc1.COc1ccc(-c2cccc(Oc3ccc([N+](=O)[O-])cc3S(=O)(=O)NC(=O)NC(C)(C)C)c2)cc1. The Morgan fingerprint density at radius 2 is 0.630 bits per heavy atom. The number of urea groups is 3. The second-order valence-corrected chi connectivity index (χ2v) is 31.4. The number of esters is 1. The number of methoxy groups -OCH3 is 2. The molecule has 0 saturated heterocycles. The van der Waals surface area contributed by atoms with Crippen LogP contribution in [0.2, 0.25) is 0 Å². The number of nitrogens with one attached hydrogen (secondary N) is 6. The van der Waals surface area contributed by atoms with E-state index in [0.29, 0.717) is 28.2 Å². The van der Waals surface area contributed by atoms with Gasteiger partial charge in [0, 0.05) is 58.6 Å². The zero-order valence-electron chi connectivity index (χ0n) is 60.1. The van der Waals surface area contributed by atoms with Gasteiger partial charge >= 0.3 is 24.1 Å². The highest BCUT2D eigenvalue weighted by Crippen LogP contribution is 2.38. The van der Waals surface area contributed by atoms with Gasteiger partial charge in [-0.1, -0.05) is 84.9 Å². The third-order valence-electron chi connectivity index (χ3n) is 14.3. The number of nitrogens with zero attached hydrogens (tertiary/aromatic N) is 3. The van der Waals surface area contributed by atoms with E-state index in [4.69, 9.17) is 23.7 Å². The van der Waals surface area contributed by atoms with E-state index in [-0.39, 0.29) is 34.5 Å². The third-order valence-corrected chi connectivity index (χ3v) is 18.4. The molecule has 0 fully saturated rings. The van der Waals surface area contributed by atoms with Gasteiger partial charge in [-0.2, -0.15) is 0 Å². The topological polar surface area (TPSA) is 436 Å². The highest BCUT2D eigenvalue weighted by molar-refractivity contribution is 7.90. The quantitative estimate of drug-likeness (QED) is 0.0168. The monoisotopic (exact) mass is 1540 g/mol. The number of carbonyl (C=O) groups is 5. The standard InChI is InChI=1S/C25H25N3O8S.C25H25N3O7S.C24H25N3O7S/c1-25(2,3)26-24(30)27-37(33,34)22-15-19(28(31)32)12-13-21(22)36-20-7-5-6-18(14-20)16-8-10-17(11-9-16)23(29)35-4;1-16(29)17-8-10-18(11-9-17)19-6-5-7-21(14-19)35-22-13-12-20(28(31)32)15-23(22)36(33,34)27-24(30)26-25(2,3)4;1-24(2,3)25-23(28)26-35(31,32)22-15-18(27(29)30)10-13-21(22)34-20-7-5-6-17(14-20)16-8-11-19(33-4)12-9-16/h5-15H,1-4H3,(H2,26,27,30);5-15H,1-4H3,(H2,26,27,30);5-15H,1-4H3,(H2,25,26,28). The first-order valence-corrected chi connectivity index (χ1v) is 36.6. The molecule has 0 unspecified atom stereocenters. The number of Topliss-reactive ketones (excluding diaryl/α,β-unsaturated/α-hetero) is 1. The fourth-order valence-corrected chi connectivity index (χ4v) is 12.7. The van der Waals surface area contributed by atoms with Crippen LogP contribution in [0.25, 0.3) is 33.4 Å². The lowest BCUT2D eigenvalue weighted by atomic mass is 10.0. The Bertz CT molecular complexity index is 5260. The summed E-state index contributed by atoms with van der Waals surface area (Å²) in [6.45, 7) is 16.5. The van der Waals surface area contributed by atoms with Gasteiger partial charge in [-0.25, -0.2) is 58.6 Å². The van der Waals surface area contributed by atoms with Crippen molar-refractivity contribution in [3.63, 3.8) is 0 Å². The molecule has 34 heteroatoms. The molecule has 0 aliphatic carbocycles. The summed E-state index contributed by atoms with van der Waals surface area (Å²) < 4.78 is 111. The predicted octanol–water partition coefficient (Wildman–Crippen LogP) is 14.5. The third kappa shape index (κ3) is 23.9. The van der Waals surface area contributed by atoms with Crippen molar-refractivity contribution in [3.05, 3.63) is 242 Å². The molecule has 0 aromatic heterocycles. The number of hydrogen-bond acceptors (Lipinski definition) is 22. The number of benzene rings is 9. The molecule has 0 aliphatic rings. The summed E-state index contributed by atoms with van der Waals surface area (Å²) in [6.07, 6.45) is 0. The van der Waals surface area contributed by atoms with Gasteiger partial charge in [0.1, 0.15) is 54.9 Å². The molecule has 0 radical (unpaired) electrons. The maximum absolute atomic E-state index is 13.0. The lowest BCUT2D eigenvalue weighted by Gasteiger charge is -2.21. The molecule has 9 aromatic carbocycles. The molecule has 0 atom stereocenters. The van der Waals surface area contributed by atoms with Gasteiger partial charge in [0.05, 0.1) is 34.6 Å². The number of sulfonamides is 3. The minimum Gasteiger partial charge on any atom is -0.497 e. The zero-order chi connectivity index (χ0) is 79.9. The van der Waals surface area contributed by atoms with Crippen LogP contribution in [-0.4, -0.2) is 101 Å². The van der Waals surface area contributed by atoms with Crippen molar-refractivity contribution in [2.75, 3.05) is 14.2 Å². The van der Waals surface area contributed by atoms with E-state index in [1.54, 1.807) is 191 Å². The van der Waals surface area contributed by atoms with E-state index < -0.39 is 117 Å². The predicted molar refractivity (Wildman–Crippen MR) is 399 cm³/mol. The Balaban J connectivity index is 0.000000226. The smallest absolute Gasteiger partial charge is 0.337 e. The van der Waals surface area contributed by atoms with Gasteiger partial charge in [0.25, 0.3) is 47.1 Å². The van der Waals surface area contributed by atoms with Crippen LogP contribution in [0, 0.1) is 30.3 Å². The minimum atomic E-state index is -4.55. The Labute approximate surface area is 621 Å². The number of nitro benzene ring substituents is 3. The largest absolute Gasteiger partial charge is 0.497 e. The molecule has 6 amide bonds. The average Bonchev–Trinajstić information content (AvgIpc) is 0.801. The summed E-state index contributed by atoms with van der Waals surface area (Å²) >= 11 is 0. The Kier molecular flexibility index (Phi) is 26.3. The summed E-state index contributed by atoms with van der Waals surface area (Å²) in [4.78, 5) is 89.7. The number of non-ortho nitro benzene ring substituents is 3. The van der Waals surface area contributed by atoms with Crippen LogP contribution in [0.4, 0.5) is 31.4 Å². The van der Waals surface area contributed by atoms with Crippen LogP contribution >= 0.6 is 0 Å². The molecule has 9 rings (SSSR count). The second-order valence-electron chi connectivity index (χ2n) is 26.4. The first-order valence-electron chi connectivity index (χ1n) is 32.1. The summed E-state index contributed by atoms with van der Waals surface area (Å²) in [5, 5.41) is 41.2. The first-order chi connectivity index (χ1) is 50.4. The molecule has 0 bridgehead atoms. The minimum absolute atomic E-state index is 0.0599. The summed E-state index contributed by atoms with van der Waals surface area (Å²) in [6, 6.07) is 47.5. The lowest BCUT2D eigenvalue weighted by molar-refractivity contribution is -0.385. The van der Waals surface area contributed by atoms with Crippen molar-refractivity contribution in [2.45, 2.75) is 101 Å². The van der Waals surface area contributed by atoms with Gasteiger partial charge in [-0.3, -0.25) is 35.1 Å². The summed E-state index contributed by atoms with van der Waals surface area (Å²) in [5.74, 6) is 0.342. The Morgan fingerprint density at radius 3 is 0.880 bits per heavy atom. The maximum atomic E-state index is 13.0. The van der Waals surface area contributed by atoms with Crippen molar-refractivity contribution in [1.29, 1.82) is 0 Å². The van der Waals surface area contributed by atoms with E-state index in [1.165, 1.54) is 20.1 Å². The van der Waals surface area contributed by atoms with Crippen molar-refractivity contribution in [2.24, 2.45) is 0 Å². The van der Waals surface area contributed by atoms with Crippen LogP contribution in [0.15, 0.2) is 215 Å². The highest BCUT2D eigenvalue weighted by Gasteiger charge is 2.31. The maximum Gasteiger partial charge on any atom is 0.337 e. The number of hydrogen-bond donors (Lipinski definition) is 6. The van der Waals surface area contributed by atoms with Crippen LogP contribution < -0.4 is 49.1 Å². The van der Waals surface area contributed by atoms with Crippen LogP contribution in [0.1, 0.15) is 90.0 Å². The van der Waals surface area contributed by atoms with Crippen LogP contribution in [0.3, 0.4) is 0 Å². The fraction of sp³-hybridized carbons (Fsp3) is 0.203. The highest BCUT2D eigenvalue weighted by atomic mass is 32.2. The van der Waals surface area contributed by atoms with Gasteiger partial charge in [-0.05, 0) is 181 Å². The number of ketones is 1. The van der Waals surface area contributed by atoms with Crippen LogP contribution in [0.5, 0.6) is 40.2 Å². The first kappa shape index (κ1) is 82.5. The van der Waals surface area contributed by atoms with E-state index in [2.05, 4.69) is 16.0 Å². The number of nitro groups is 3. The van der Waals surface area contributed by atoms with E-state index >= 15 is 0 Å². The van der Waals surface area contributed by atoms with Crippen LogP contribution in [-0.2, 0) is 34.8 Å².